The first-order valence-electron chi connectivity index (χ1n) is 7.33. The number of rotatable bonds is 6. The van der Waals surface area contributed by atoms with E-state index in [-0.39, 0.29) is 30.2 Å². The topological polar surface area (TPSA) is 111 Å². The monoisotopic (exact) mass is 453 g/mol. The minimum Gasteiger partial charge on any atom is -0.508 e. The van der Waals surface area contributed by atoms with Gasteiger partial charge in [0.05, 0.1) is 6.21 Å². The number of phenolic OH excluding ortho intramolecular Hbond substituents is 2. The minimum atomic E-state index is -0.424. The van der Waals surface area contributed by atoms with E-state index in [9.17, 15) is 19.8 Å². The van der Waals surface area contributed by atoms with Crippen molar-refractivity contribution >= 4 is 46.3 Å². The Labute approximate surface area is 157 Å². The summed E-state index contributed by atoms with van der Waals surface area (Å²) in [6, 6.07) is 11.3. The van der Waals surface area contributed by atoms with Gasteiger partial charge in [-0.2, -0.15) is 5.10 Å². The lowest BCUT2D eigenvalue weighted by molar-refractivity contribution is -0.124. The Hall–Kier alpha value is -2.62. The van der Waals surface area contributed by atoms with Gasteiger partial charge in [0.1, 0.15) is 11.5 Å². The van der Waals surface area contributed by atoms with Gasteiger partial charge in [0, 0.05) is 33.7 Å². The average molecular weight is 453 g/mol. The van der Waals surface area contributed by atoms with Gasteiger partial charge >= 0.3 is 0 Å². The van der Waals surface area contributed by atoms with Crippen molar-refractivity contribution in [3.05, 3.63) is 51.6 Å². The van der Waals surface area contributed by atoms with Crippen LogP contribution in [-0.2, 0) is 9.59 Å². The highest BCUT2D eigenvalue weighted by Gasteiger charge is 2.07. The fourth-order valence-corrected chi connectivity index (χ4v) is 2.21. The van der Waals surface area contributed by atoms with Gasteiger partial charge in [-0.05, 0) is 59.0 Å². The summed E-state index contributed by atoms with van der Waals surface area (Å²) in [5.41, 5.74) is 3.29. The van der Waals surface area contributed by atoms with Gasteiger partial charge in [-0.3, -0.25) is 9.59 Å². The first kappa shape index (κ1) is 18.7. The van der Waals surface area contributed by atoms with E-state index < -0.39 is 5.91 Å². The van der Waals surface area contributed by atoms with Gasteiger partial charge in [0.15, 0.2) is 0 Å². The van der Waals surface area contributed by atoms with E-state index in [0.717, 1.165) is 9.64 Å². The molecule has 7 nitrogen and oxygen atoms in total. The van der Waals surface area contributed by atoms with Gasteiger partial charge < -0.3 is 15.5 Å². The molecule has 0 atom stereocenters. The second-order valence-electron chi connectivity index (χ2n) is 5.09. The van der Waals surface area contributed by atoms with Gasteiger partial charge in [-0.15, -0.1) is 0 Å². The zero-order valence-corrected chi connectivity index (χ0v) is 15.2. The van der Waals surface area contributed by atoms with Crippen LogP contribution in [0.25, 0.3) is 0 Å². The Morgan fingerprint density at radius 2 is 1.72 bits per heavy atom. The van der Waals surface area contributed by atoms with E-state index in [1.165, 1.54) is 18.3 Å². The average Bonchev–Trinajstić information content (AvgIpc) is 2.57. The molecule has 0 unspecified atom stereocenters. The number of halogens is 1. The van der Waals surface area contributed by atoms with Crippen molar-refractivity contribution in [3.63, 3.8) is 0 Å². The Morgan fingerprint density at radius 3 is 2.40 bits per heavy atom. The summed E-state index contributed by atoms with van der Waals surface area (Å²) in [6.07, 6.45) is 1.26. The Kier molecular flexibility index (Phi) is 6.75. The maximum absolute atomic E-state index is 11.8. The van der Waals surface area contributed by atoms with Crippen LogP contribution < -0.4 is 10.7 Å². The van der Waals surface area contributed by atoms with E-state index in [1.54, 1.807) is 12.1 Å². The predicted octanol–water partition coefficient (Wildman–Crippen LogP) is 2.57. The number of hydrogen-bond acceptors (Lipinski definition) is 5. The van der Waals surface area contributed by atoms with Crippen LogP contribution in [0.4, 0.5) is 5.69 Å². The predicted molar refractivity (Wildman–Crippen MR) is 103 cm³/mol. The van der Waals surface area contributed by atoms with Crippen molar-refractivity contribution in [2.75, 3.05) is 5.32 Å². The van der Waals surface area contributed by atoms with Crippen molar-refractivity contribution in [2.24, 2.45) is 5.10 Å². The molecular weight excluding hydrogens is 437 g/mol. The molecule has 8 heteroatoms. The Morgan fingerprint density at radius 1 is 1.04 bits per heavy atom. The van der Waals surface area contributed by atoms with Crippen molar-refractivity contribution in [1.82, 2.24) is 5.43 Å². The van der Waals surface area contributed by atoms with Crippen LogP contribution >= 0.6 is 22.6 Å². The quantitative estimate of drug-likeness (QED) is 0.306. The van der Waals surface area contributed by atoms with E-state index in [2.05, 4.69) is 38.4 Å². The highest BCUT2D eigenvalue weighted by molar-refractivity contribution is 14.1. The number of phenols is 2. The van der Waals surface area contributed by atoms with Crippen LogP contribution in [-0.4, -0.2) is 28.2 Å². The van der Waals surface area contributed by atoms with Crippen LogP contribution in [0.2, 0.25) is 0 Å². The smallest absolute Gasteiger partial charge is 0.240 e. The summed E-state index contributed by atoms with van der Waals surface area (Å²) in [5.74, 6) is -0.920. The van der Waals surface area contributed by atoms with Crippen LogP contribution in [0, 0.1) is 3.57 Å². The third-order valence-corrected chi connectivity index (χ3v) is 3.83. The lowest BCUT2D eigenvalue weighted by atomic mass is 10.2. The molecule has 0 aliphatic carbocycles. The molecule has 0 aliphatic rings. The summed E-state index contributed by atoms with van der Waals surface area (Å²) in [4.78, 5) is 23.5. The molecule has 25 heavy (non-hydrogen) atoms. The van der Waals surface area contributed by atoms with E-state index >= 15 is 0 Å². The lowest BCUT2D eigenvalue weighted by Gasteiger charge is -2.05. The fourth-order valence-electron chi connectivity index (χ4n) is 1.85. The first-order chi connectivity index (χ1) is 11.9. The molecule has 0 heterocycles. The molecule has 130 valence electrons. The third-order valence-electron chi connectivity index (χ3n) is 3.11. The third kappa shape index (κ3) is 6.42. The molecule has 0 bridgehead atoms. The van der Waals surface area contributed by atoms with Crippen LogP contribution in [0.15, 0.2) is 47.6 Å². The molecule has 2 rings (SSSR count). The van der Waals surface area contributed by atoms with Gasteiger partial charge in [-0.1, -0.05) is 0 Å². The minimum absolute atomic E-state index is 0.0187. The zero-order valence-electron chi connectivity index (χ0n) is 13.1. The summed E-state index contributed by atoms with van der Waals surface area (Å²) in [6.45, 7) is 0. The second kappa shape index (κ2) is 9.02. The molecule has 0 saturated carbocycles. The second-order valence-corrected chi connectivity index (χ2v) is 6.34. The van der Waals surface area contributed by atoms with Gasteiger partial charge in [0.25, 0.3) is 0 Å². The number of hydrogen-bond donors (Lipinski definition) is 4. The summed E-state index contributed by atoms with van der Waals surface area (Å²) < 4.78 is 1.06. The molecule has 0 fully saturated rings. The largest absolute Gasteiger partial charge is 0.508 e. The SMILES string of the molecule is O=C(CCC(=O)Nc1ccc(I)cc1)NN=Cc1ccc(O)cc1O. The molecule has 0 radical (unpaired) electrons. The summed E-state index contributed by atoms with van der Waals surface area (Å²) >= 11 is 2.17. The maximum atomic E-state index is 11.8. The van der Waals surface area contributed by atoms with E-state index in [1.807, 2.05) is 12.1 Å². The summed E-state index contributed by atoms with van der Waals surface area (Å²) in [5, 5.41) is 25.2. The van der Waals surface area contributed by atoms with Gasteiger partial charge in [-0.25, -0.2) is 5.43 Å². The van der Waals surface area contributed by atoms with E-state index in [4.69, 9.17) is 0 Å². The number of amides is 2. The normalized spacial score (nSPS) is 10.6. The Bertz CT molecular complexity index is 791. The number of benzene rings is 2. The Balaban J connectivity index is 1.75. The number of anilines is 1. The number of aromatic hydroxyl groups is 2. The number of hydrazone groups is 1. The summed E-state index contributed by atoms with van der Waals surface area (Å²) in [7, 11) is 0. The molecule has 0 aliphatic heterocycles. The number of nitrogens with one attached hydrogen (secondary N) is 2. The highest BCUT2D eigenvalue weighted by atomic mass is 127. The number of carbonyl (C=O) groups is 2. The first-order valence-corrected chi connectivity index (χ1v) is 8.41. The van der Waals surface area contributed by atoms with Gasteiger partial charge in [0.2, 0.25) is 11.8 Å². The standard InChI is InChI=1S/C17H16IN3O4/c18-12-2-4-13(5-3-12)20-16(24)7-8-17(25)21-19-10-11-1-6-14(22)9-15(11)23/h1-6,9-10,22-23H,7-8H2,(H,20,24)(H,21,25). The molecule has 2 amide bonds. The molecule has 2 aromatic rings. The van der Waals surface area contributed by atoms with Crippen molar-refractivity contribution in [1.29, 1.82) is 0 Å². The van der Waals surface area contributed by atoms with Crippen LogP contribution in [0.1, 0.15) is 18.4 Å². The lowest BCUT2D eigenvalue weighted by Crippen LogP contribution is -2.20. The molecule has 4 N–H and O–H groups in total. The number of nitrogens with zero attached hydrogens (tertiary/aromatic N) is 1. The van der Waals surface area contributed by atoms with Crippen molar-refractivity contribution in [2.45, 2.75) is 12.8 Å². The molecule has 0 saturated heterocycles. The highest BCUT2D eigenvalue weighted by Crippen LogP contribution is 2.20. The van der Waals surface area contributed by atoms with Crippen LogP contribution in [0.5, 0.6) is 11.5 Å². The fraction of sp³-hybridized carbons (Fsp3) is 0.118. The molecule has 0 aromatic heterocycles. The van der Waals surface area contributed by atoms with Crippen molar-refractivity contribution < 1.29 is 19.8 Å². The zero-order chi connectivity index (χ0) is 18.2. The maximum Gasteiger partial charge on any atom is 0.240 e. The molecule has 2 aromatic carbocycles. The van der Waals surface area contributed by atoms with Crippen LogP contribution in [0.3, 0.4) is 0 Å². The molecular formula is C17H16IN3O4. The van der Waals surface area contributed by atoms with E-state index in [0.29, 0.717) is 11.3 Å². The number of carbonyl (C=O) groups excluding carboxylic acids is 2. The van der Waals surface area contributed by atoms with Crippen molar-refractivity contribution in [3.8, 4) is 11.5 Å². The molecule has 0 spiro atoms.